The van der Waals surface area contributed by atoms with E-state index in [-0.39, 0.29) is 13.2 Å². The third-order valence-corrected chi connectivity index (χ3v) is 6.41. The summed E-state index contributed by atoms with van der Waals surface area (Å²) in [6.45, 7) is 4.53. The number of ether oxygens (including phenoxy) is 5. The molecule has 0 spiro atoms. The number of hydrogen-bond donors (Lipinski definition) is 1. The number of methoxy groups -OCH3 is 1. The summed E-state index contributed by atoms with van der Waals surface area (Å²) in [5.41, 5.74) is 2.98. The highest BCUT2D eigenvalue weighted by molar-refractivity contribution is 5.15. The molecule has 1 aliphatic heterocycles. The molecule has 0 saturated carbocycles. The highest BCUT2D eigenvalue weighted by Gasteiger charge is 2.48. The first-order chi connectivity index (χ1) is 18.9. The van der Waals surface area contributed by atoms with E-state index < -0.39 is 36.5 Å². The molecule has 1 heterocycles. The molecule has 0 amide bonds. The van der Waals surface area contributed by atoms with Gasteiger partial charge in [-0.05, 0) is 30.5 Å². The Bertz CT molecular complexity index is 1080. The maximum Gasteiger partial charge on any atom is 0.220 e. The van der Waals surface area contributed by atoms with E-state index in [0.29, 0.717) is 13.2 Å². The van der Waals surface area contributed by atoms with Crippen LogP contribution in [0.1, 0.15) is 30.5 Å². The van der Waals surface area contributed by atoms with Gasteiger partial charge in [-0.25, -0.2) is 0 Å². The fraction of sp³-hybridized carbons (Fsp3) is 0.419. The number of rotatable bonds is 14. The van der Waals surface area contributed by atoms with Gasteiger partial charge in [0.2, 0.25) is 6.29 Å². The number of hydrogen-bond acceptors (Lipinski definition) is 8. The lowest BCUT2D eigenvalue weighted by Gasteiger charge is -2.44. The summed E-state index contributed by atoms with van der Waals surface area (Å²) in [4.78, 5) is 11.0. The van der Waals surface area contributed by atoms with Crippen molar-refractivity contribution < 1.29 is 38.6 Å². The first kappa shape index (κ1) is 29.3. The fourth-order valence-corrected chi connectivity index (χ4v) is 4.10. The van der Waals surface area contributed by atoms with E-state index in [0.717, 1.165) is 16.7 Å². The summed E-state index contributed by atoms with van der Waals surface area (Å²) in [5.74, 6) is -1.05. The van der Waals surface area contributed by atoms with Crippen LogP contribution in [0.4, 0.5) is 0 Å². The van der Waals surface area contributed by atoms with Crippen molar-refractivity contribution in [1.82, 2.24) is 0 Å². The molecule has 1 N–H and O–H groups in total. The van der Waals surface area contributed by atoms with Gasteiger partial charge in [-0.3, -0.25) is 0 Å². The van der Waals surface area contributed by atoms with Crippen LogP contribution in [-0.4, -0.2) is 55.3 Å². The monoisotopic (exact) mass is 538 g/mol. The summed E-state index contributed by atoms with van der Waals surface area (Å²) in [5, 5.41) is 11.3. The molecule has 3 aromatic rings. The SMILES string of the molecule is COC(C)(C)OO[C@H]1O[C@H](COCc2ccccc2)[C@H](OCc2ccccc2)[C@H](OCc2ccccc2)[C@@H]1O. The Morgan fingerprint density at radius 2 is 1.21 bits per heavy atom. The molecule has 1 fully saturated rings. The van der Waals surface area contributed by atoms with Crippen LogP contribution in [0.15, 0.2) is 91.0 Å². The van der Waals surface area contributed by atoms with E-state index in [1.54, 1.807) is 13.8 Å². The average molecular weight is 539 g/mol. The number of aliphatic hydroxyl groups is 1. The van der Waals surface area contributed by atoms with Crippen molar-refractivity contribution in [2.45, 2.75) is 70.2 Å². The van der Waals surface area contributed by atoms with Gasteiger partial charge in [-0.2, -0.15) is 9.78 Å². The molecule has 0 aromatic heterocycles. The molecular formula is C31H38O8. The molecule has 0 bridgehead atoms. The van der Waals surface area contributed by atoms with Gasteiger partial charge in [0.1, 0.15) is 24.4 Å². The second-order valence-electron chi connectivity index (χ2n) is 9.84. The quantitative estimate of drug-likeness (QED) is 0.178. The molecule has 8 nitrogen and oxygen atoms in total. The van der Waals surface area contributed by atoms with E-state index >= 15 is 0 Å². The minimum Gasteiger partial charge on any atom is -0.385 e. The highest BCUT2D eigenvalue weighted by Crippen LogP contribution is 2.30. The molecule has 4 rings (SSSR count). The van der Waals surface area contributed by atoms with Crippen LogP contribution in [0, 0.1) is 0 Å². The molecule has 39 heavy (non-hydrogen) atoms. The Balaban J connectivity index is 1.53. The van der Waals surface area contributed by atoms with Crippen molar-refractivity contribution >= 4 is 0 Å². The zero-order valence-corrected chi connectivity index (χ0v) is 22.7. The van der Waals surface area contributed by atoms with Gasteiger partial charge < -0.3 is 28.8 Å². The van der Waals surface area contributed by atoms with Gasteiger partial charge in [0.25, 0.3) is 0 Å². The van der Waals surface area contributed by atoms with E-state index in [1.807, 2.05) is 91.0 Å². The van der Waals surface area contributed by atoms with E-state index in [1.165, 1.54) is 7.11 Å². The maximum absolute atomic E-state index is 11.3. The van der Waals surface area contributed by atoms with E-state index in [9.17, 15) is 5.11 Å². The Morgan fingerprint density at radius 1 is 0.718 bits per heavy atom. The van der Waals surface area contributed by atoms with Crippen LogP contribution in [0.2, 0.25) is 0 Å². The lowest BCUT2D eigenvalue weighted by Crippen LogP contribution is -2.61. The first-order valence-corrected chi connectivity index (χ1v) is 13.1. The Morgan fingerprint density at radius 3 is 1.72 bits per heavy atom. The summed E-state index contributed by atoms with van der Waals surface area (Å²) in [7, 11) is 1.50. The van der Waals surface area contributed by atoms with Gasteiger partial charge in [0.15, 0.2) is 5.79 Å². The topological polar surface area (TPSA) is 84.8 Å². The van der Waals surface area contributed by atoms with Crippen molar-refractivity contribution in [2.24, 2.45) is 0 Å². The summed E-state index contributed by atoms with van der Waals surface area (Å²) in [6.07, 6.45) is -4.46. The first-order valence-electron chi connectivity index (χ1n) is 13.1. The number of aliphatic hydroxyl groups excluding tert-OH is 1. The van der Waals surface area contributed by atoms with E-state index in [4.69, 9.17) is 33.5 Å². The lowest BCUT2D eigenvalue weighted by atomic mass is 9.98. The van der Waals surface area contributed by atoms with Crippen LogP contribution < -0.4 is 0 Å². The molecule has 1 aliphatic rings. The smallest absolute Gasteiger partial charge is 0.220 e. The van der Waals surface area contributed by atoms with Crippen molar-refractivity contribution in [3.05, 3.63) is 108 Å². The van der Waals surface area contributed by atoms with Gasteiger partial charge in [0, 0.05) is 7.11 Å². The molecular weight excluding hydrogens is 500 g/mol. The predicted octanol–water partition coefficient (Wildman–Crippen LogP) is 4.79. The molecule has 0 radical (unpaired) electrons. The number of benzene rings is 3. The van der Waals surface area contributed by atoms with Crippen molar-refractivity contribution in [3.8, 4) is 0 Å². The zero-order valence-electron chi connectivity index (χ0n) is 22.7. The molecule has 210 valence electrons. The van der Waals surface area contributed by atoms with Crippen molar-refractivity contribution in [1.29, 1.82) is 0 Å². The molecule has 8 heteroatoms. The Labute approximate surface area is 230 Å². The van der Waals surface area contributed by atoms with Crippen molar-refractivity contribution in [3.63, 3.8) is 0 Å². The third-order valence-electron chi connectivity index (χ3n) is 6.41. The predicted molar refractivity (Wildman–Crippen MR) is 144 cm³/mol. The fourth-order valence-electron chi connectivity index (χ4n) is 4.10. The highest BCUT2D eigenvalue weighted by atomic mass is 17.3. The van der Waals surface area contributed by atoms with Crippen LogP contribution in [0.3, 0.4) is 0 Å². The Hall–Kier alpha value is -2.66. The van der Waals surface area contributed by atoms with Gasteiger partial charge in [-0.1, -0.05) is 91.0 Å². The normalized spacial score (nSPS) is 23.5. The van der Waals surface area contributed by atoms with E-state index in [2.05, 4.69) is 0 Å². The van der Waals surface area contributed by atoms with Gasteiger partial charge in [-0.15, -0.1) is 0 Å². The van der Waals surface area contributed by atoms with Crippen LogP contribution in [0.5, 0.6) is 0 Å². The molecule has 1 saturated heterocycles. The molecule has 5 atom stereocenters. The second kappa shape index (κ2) is 14.6. The molecule has 0 aliphatic carbocycles. The van der Waals surface area contributed by atoms with Crippen LogP contribution in [-0.2, 0) is 53.3 Å². The maximum atomic E-state index is 11.3. The average Bonchev–Trinajstić information content (AvgIpc) is 2.97. The van der Waals surface area contributed by atoms with Crippen LogP contribution >= 0.6 is 0 Å². The summed E-state index contributed by atoms with van der Waals surface area (Å²) >= 11 is 0. The molecule has 3 aromatic carbocycles. The minimum absolute atomic E-state index is 0.180. The lowest BCUT2D eigenvalue weighted by molar-refractivity contribution is -0.487. The molecule has 0 unspecified atom stereocenters. The minimum atomic E-state index is -1.22. The van der Waals surface area contributed by atoms with Crippen LogP contribution in [0.25, 0.3) is 0 Å². The Kier molecular flexibility index (Phi) is 11.0. The third kappa shape index (κ3) is 8.93. The summed E-state index contributed by atoms with van der Waals surface area (Å²) < 4.78 is 30.1. The standard InChI is InChI=1S/C31H38O8/c1-31(2,33-3)39-38-30-27(32)29(36-21-25-17-11-6-12-18-25)28(35-20-24-15-9-5-10-16-24)26(37-30)22-34-19-23-13-7-4-8-14-23/h4-18,26-30,32H,19-22H2,1-3H3/t26-,27+,28+,29-,30-/m1/s1. The van der Waals surface area contributed by atoms with Gasteiger partial charge in [0.05, 0.1) is 26.4 Å². The summed E-state index contributed by atoms with van der Waals surface area (Å²) in [6, 6.07) is 29.4. The second-order valence-corrected chi connectivity index (χ2v) is 9.84. The van der Waals surface area contributed by atoms with Gasteiger partial charge >= 0.3 is 0 Å². The zero-order chi connectivity index (χ0) is 27.5. The van der Waals surface area contributed by atoms with Crippen molar-refractivity contribution in [2.75, 3.05) is 13.7 Å². The largest absolute Gasteiger partial charge is 0.385 e.